The third-order valence-electron chi connectivity index (χ3n) is 7.55. The average molecular weight is 545 g/mol. The maximum absolute atomic E-state index is 13.9. The van der Waals surface area contributed by atoms with Gasteiger partial charge in [-0.25, -0.2) is 0 Å². The third kappa shape index (κ3) is 7.29. The zero-order valence-electron chi connectivity index (χ0n) is 23.9. The van der Waals surface area contributed by atoms with Gasteiger partial charge in [-0.3, -0.25) is 14.4 Å². The topological polar surface area (TPSA) is 120 Å². The lowest BCUT2D eigenvalue weighted by molar-refractivity contribution is -0.132. The number of benzene rings is 1. The Kier molecular flexibility index (Phi) is 8.88. The Balaban J connectivity index is 1.50. The van der Waals surface area contributed by atoms with Crippen LogP contribution in [0.1, 0.15) is 66.2 Å². The summed E-state index contributed by atoms with van der Waals surface area (Å²) in [5, 5.41) is 16.3. The monoisotopic (exact) mass is 544 g/mol. The molecule has 2 aliphatic heterocycles. The summed E-state index contributed by atoms with van der Waals surface area (Å²) in [6.07, 6.45) is 3.71. The van der Waals surface area contributed by atoms with Gasteiger partial charge in [0.25, 0.3) is 5.91 Å². The van der Waals surface area contributed by atoms with Crippen molar-refractivity contribution in [3.63, 3.8) is 0 Å². The lowest BCUT2D eigenvalue weighted by Gasteiger charge is -2.40. The van der Waals surface area contributed by atoms with E-state index < -0.39 is 11.2 Å². The van der Waals surface area contributed by atoms with Crippen molar-refractivity contribution in [3.8, 4) is 5.75 Å². The maximum atomic E-state index is 13.9. The van der Waals surface area contributed by atoms with E-state index in [0.717, 1.165) is 18.5 Å². The smallest absolute Gasteiger partial charge is 0.270 e. The molecule has 10 heteroatoms. The molecular formula is C29H44N4O6. The summed E-state index contributed by atoms with van der Waals surface area (Å²) < 4.78 is 11.3. The van der Waals surface area contributed by atoms with Gasteiger partial charge in [0.05, 0.1) is 17.2 Å². The lowest BCUT2D eigenvalue weighted by Crippen LogP contribution is -2.53. The fourth-order valence-corrected chi connectivity index (χ4v) is 5.30. The number of carbonyl (C=O) groups excluding carboxylic acids is 3. The first-order valence-corrected chi connectivity index (χ1v) is 14.1. The Hall–Kier alpha value is -2.69. The Morgan fingerprint density at radius 2 is 2.03 bits per heavy atom. The summed E-state index contributed by atoms with van der Waals surface area (Å²) in [5.74, 6) is 0.121. The van der Waals surface area contributed by atoms with Crippen LogP contribution in [-0.4, -0.2) is 79.5 Å². The maximum Gasteiger partial charge on any atom is 0.270 e. The molecule has 0 unspecified atom stereocenters. The summed E-state index contributed by atoms with van der Waals surface area (Å²) in [6.45, 7) is 9.09. The van der Waals surface area contributed by atoms with Gasteiger partial charge in [-0.1, -0.05) is 0 Å². The molecule has 2 fully saturated rings. The molecule has 3 N–H and O–H groups in total. The molecule has 0 aromatic heterocycles. The minimum Gasteiger partial charge on any atom is -0.476 e. The van der Waals surface area contributed by atoms with Crippen LogP contribution in [-0.2, 0) is 19.1 Å². The second-order valence-corrected chi connectivity index (χ2v) is 12.2. The van der Waals surface area contributed by atoms with E-state index in [9.17, 15) is 19.5 Å². The van der Waals surface area contributed by atoms with Crippen molar-refractivity contribution in [2.45, 2.75) is 89.5 Å². The van der Waals surface area contributed by atoms with E-state index in [2.05, 4.69) is 10.6 Å². The van der Waals surface area contributed by atoms with Crippen molar-refractivity contribution in [1.29, 1.82) is 0 Å². The van der Waals surface area contributed by atoms with Crippen LogP contribution in [0, 0.1) is 5.92 Å². The summed E-state index contributed by atoms with van der Waals surface area (Å²) in [5.41, 5.74) is -0.450. The highest BCUT2D eigenvalue weighted by molar-refractivity contribution is 6.04. The summed E-state index contributed by atoms with van der Waals surface area (Å²) >= 11 is 0. The Bertz CT molecular complexity index is 1060. The largest absolute Gasteiger partial charge is 0.476 e. The van der Waals surface area contributed by atoms with E-state index in [1.54, 1.807) is 39.7 Å². The molecule has 0 radical (unpaired) electrons. The van der Waals surface area contributed by atoms with Crippen molar-refractivity contribution in [2.75, 3.05) is 43.2 Å². The number of hydrogen-bond acceptors (Lipinski definition) is 7. The molecule has 1 saturated heterocycles. The molecule has 1 aromatic carbocycles. The summed E-state index contributed by atoms with van der Waals surface area (Å²) in [4.78, 5) is 43.2. The molecule has 4 rings (SSSR count). The highest BCUT2D eigenvalue weighted by Crippen LogP contribution is 2.42. The van der Waals surface area contributed by atoms with E-state index in [0.29, 0.717) is 56.9 Å². The van der Waals surface area contributed by atoms with Gasteiger partial charge < -0.3 is 35.0 Å². The van der Waals surface area contributed by atoms with Crippen LogP contribution in [0.4, 0.5) is 11.4 Å². The average Bonchev–Trinajstić information content (AvgIpc) is 3.70. The van der Waals surface area contributed by atoms with Gasteiger partial charge in [0, 0.05) is 57.5 Å². The molecule has 3 aliphatic rings. The number of ether oxygens (including phenoxy) is 2. The van der Waals surface area contributed by atoms with Gasteiger partial charge in [0.1, 0.15) is 5.75 Å². The molecule has 1 aromatic rings. The van der Waals surface area contributed by atoms with Crippen LogP contribution in [0.3, 0.4) is 0 Å². The standard InChI is InChI=1S/C29H44N4O6/c1-28(2,37)12-11-25(34)31-20-15-19(17-30-18-20)26(35)33(21-7-8-21)22-9-10-24-23(16-22)32(13-6-14-38-5)27(36)29(3,4)39-24/h9-10,16,19-21,30,37H,6-8,11-15,17-18H2,1-5H3,(H,31,34)/t19-,20+/m1/s1. The number of fused-ring (bicyclic) bond motifs is 1. The fourth-order valence-electron chi connectivity index (χ4n) is 5.30. The summed E-state index contributed by atoms with van der Waals surface area (Å²) in [6, 6.07) is 5.63. The van der Waals surface area contributed by atoms with Crippen molar-refractivity contribution in [3.05, 3.63) is 18.2 Å². The highest BCUT2D eigenvalue weighted by atomic mass is 16.5. The molecule has 0 spiro atoms. The number of rotatable bonds is 11. The molecular weight excluding hydrogens is 500 g/mol. The predicted molar refractivity (Wildman–Crippen MR) is 149 cm³/mol. The minimum absolute atomic E-state index is 0.0229. The van der Waals surface area contributed by atoms with E-state index in [-0.39, 0.29) is 42.1 Å². The zero-order valence-corrected chi connectivity index (χ0v) is 23.9. The first-order valence-electron chi connectivity index (χ1n) is 14.1. The third-order valence-corrected chi connectivity index (χ3v) is 7.55. The quantitative estimate of drug-likeness (QED) is 0.366. The predicted octanol–water partition coefficient (Wildman–Crippen LogP) is 2.37. The molecule has 216 valence electrons. The number of amides is 3. The number of piperidine rings is 1. The number of nitrogens with zero attached hydrogens (tertiary/aromatic N) is 2. The summed E-state index contributed by atoms with van der Waals surface area (Å²) in [7, 11) is 1.64. The number of aliphatic hydroxyl groups is 1. The normalized spacial score (nSPS) is 22.6. The first-order chi connectivity index (χ1) is 18.4. The van der Waals surface area contributed by atoms with Crippen molar-refractivity contribution in [2.24, 2.45) is 5.92 Å². The molecule has 2 heterocycles. The van der Waals surface area contributed by atoms with E-state index in [1.165, 1.54) is 0 Å². The molecule has 1 saturated carbocycles. The Morgan fingerprint density at radius 3 is 2.69 bits per heavy atom. The second-order valence-electron chi connectivity index (χ2n) is 12.2. The van der Waals surface area contributed by atoms with Gasteiger partial charge >= 0.3 is 0 Å². The minimum atomic E-state index is -0.978. The lowest BCUT2D eigenvalue weighted by atomic mass is 9.93. The van der Waals surface area contributed by atoms with Crippen LogP contribution in [0.2, 0.25) is 0 Å². The SMILES string of the molecule is COCCCN1C(=O)C(C)(C)Oc2ccc(N(C(=O)[C@H]3CNC[C@@H](NC(=O)CCC(C)(C)O)C3)C3CC3)cc21. The van der Waals surface area contributed by atoms with Crippen molar-refractivity contribution >= 4 is 29.1 Å². The van der Waals surface area contributed by atoms with Crippen LogP contribution < -0.4 is 25.2 Å². The van der Waals surface area contributed by atoms with Gasteiger partial charge in [-0.15, -0.1) is 0 Å². The number of hydrogen-bond donors (Lipinski definition) is 3. The van der Waals surface area contributed by atoms with E-state index >= 15 is 0 Å². The van der Waals surface area contributed by atoms with Crippen LogP contribution in [0.25, 0.3) is 0 Å². The van der Waals surface area contributed by atoms with Gasteiger partial charge in [-0.2, -0.15) is 0 Å². The van der Waals surface area contributed by atoms with Crippen LogP contribution in [0.5, 0.6) is 5.75 Å². The molecule has 3 amide bonds. The van der Waals surface area contributed by atoms with Crippen LogP contribution >= 0.6 is 0 Å². The Labute approximate surface area is 231 Å². The fraction of sp³-hybridized carbons (Fsp3) is 0.690. The highest BCUT2D eigenvalue weighted by Gasteiger charge is 2.43. The number of carbonyl (C=O) groups is 3. The number of nitrogens with one attached hydrogen (secondary N) is 2. The first kappa shape index (κ1) is 29.3. The number of methoxy groups -OCH3 is 1. The molecule has 39 heavy (non-hydrogen) atoms. The van der Waals surface area contributed by atoms with Gasteiger partial charge in [-0.05, 0) is 78.0 Å². The molecule has 1 aliphatic carbocycles. The molecule has 10 nitrogen and oxygen atoms in total. The molecule has 0 bridgehead atoms. The Morgan fingerprint density at radius 1 is 1.28 bits per heavy atom. The van der Waals surface area contributed by atoms with E-state index in [4.69, 9.17) is 9.47 Å². The van der Waals surface area contributed by atoms with Crippen molar-refractivity contribution < 1.29 is 29.0 Å². The molecule has 2 atom stereocenters. The van der Waals surface area contributed by atoms with Crippen molar-refractivity contribution in [1.82, 2.24) is 10.6 Å². The second kappa shape index (κ2) is 11.8. The van der Waals surface area contributed by atoms with Crippen LogP contribution in [0.15, 0.2) is 18.2 Å². The van der Waals surface area contributed by atoms with E-state index in [1.807, 2.05) is 23.1 Å². The van der Waals surface area contributed by atoms with Gasteiger partial charge in [0.15, 0.2) is 5.60 Å². The van der Waals surface area contributed by atoms with Gasteiger partial charge in [0.2, 0.25) is 11.8 Å². The number of anilines is 2. The zero-order chi connectivity index (χ0) is 28.4.